The van der Waals surface area contributed by atoms with E-state index in [0.717, 1.165) is 5.56 Å². The Morgan fingerprint density at radius 2 is 2.21 bits per heavy atom. The molecule has 7 nitrogen and oxygen atoms in total. The molecule has 0 saturated carbocycles. The molecule has 24 heavy (non-hydrogen) atoms. The predicted octanol–water partition coefficient (Wildman–Crippen LogP) is 1.54. The number of pyridine rings is 1. The van der Waals surface area contributed by atoms with Gasteiger partial charge in [0.15, 0.2) is 0 Å². The number of hydrogen-bond donors (Lipinski definition) is 1. The highest BCUT2D eigenvalue weighted by molar-refractivity contribution is 6.02. The monoisotopic (exact) mass is 325 g/mol. The average Bonchev–Trinajstić information content (AvgIpc) is 2.97. The summed E-state index contributed by atoms with van der Waals surface area (Å²) in [5.41, 5.74) is 2.30. The second-order valence-corrected chi connectivity index (χ2v) is 5.11. The normalized spacial score (nSPS) is 11.1. The van der Waals surface area contributed by atoms with Crippen LogP contribution in [0.3, 0.4) is 0 Å². The minimum atomic E-state index is -0.405. The third-order valence-corrected chi connectivity index (χ3v) is 3.29. The maximum atomic E-state index is 12.1. The summed E-state index contributed by atoms with van der Waals surface area (Å²) >= 11 is 0. The summed E-state index contributed by atoms with van der Waals surface area (Å²) in [5.74, 6) is -0.405. The number of carbonyl (C=O) groups is 1. The first-order valence-corrected chi connectivity index (χ1v) is 7.48. The van der Waals surface area contributed by atoms with Gasteiger partial charge in [0, 0.05) is 57.0 Å². The lowest BCUT2D eigenvalue weighted by Gasteiger charge is -2.04. The zero-order valence-corrected chi connectivity index (χ0v) is 13.7. The summed E-state index contributed by atoms with van der Waals surface area (Å²) < 4.78 is 6.57. The van der Waals surface area contributed by atoms with Gasteiger partial charge in [0.2, 0.25) is 0 Å². The van der Waals surface area contributed by atoms with Crippen LogP contribution in [0.4, 0.5) is 0 Å². The minimum absolute atomic E-state index is 0.0377. The van der Waals surface area contributed by atoms with Crippen LogP contribution in [-0.2, 0) is 16.6 Å². The smallest absolute Gasteiger partial charge is 0.261 e. The molecule has 2 aromatic rings. The van der Waals surface area contributed by atoms with Crippen LogP contribution in [0.25, 0.3) is 17.3 Å². The number of nitrogens with zero attached hydrogens (tertiary/aromatic N) is 4. The van der Waals surface area contributed by atoms with Gasteiger partial charge >= 0.3 is 0 Å². The summed E-state index contributed by atoms with van der Waals surface area (Å²) in [6, 6.07) is 5.61. The predicted molar refractivity (Wildman–Crippen MR) is 89.5 cm³/mol. The first kappa shape index (κ1) is 17.4. The molecule has 0 fully saturated rings. The van der Waals surface area contributed by atoms with E-state index in [1.807, 2.05) is 18.2 Å². The summed E-state index contributed by atoms with van der Waals surface area (Å²) in [4.78, 5) is 16.1. The van der Waals surface area contributed by atoms with E-state index in [4.69, 9.17) is 4.74 Å². The van der Waals surface area contributed by atoms with Crippen molar-refractivity contribution in [2.75, 3.05) is 20.3 Å². The molecule has 0 saturated heterocycles. The van der Waals surface area contributed by atoms with Crippen LogP contribution in [0.1, 0.15) is 12.0 Å². The van der Waals surface area contributed by atoms with Crippen LogP contribution in [0.2, 0.25) is 0 Å². The Balaban J connectivity index is 2.22. The maximum Gasteiger partial charge on any atom is 0.261 e. The molecule has 1 amide bonds. The number of rotatable bonds is 7. The number of nitrogens with one attached hydrogen (secondary N) is 1. The van der Waals surface area contributed by atoms with Crippen LogP contribution >= 0.6 is 0 Å². The Kier molecular flexibility index (Phi) is 6.23. The second-order valence-electron chi connectivity index (χ2n) is 5.11. The number of aromatic nitrogens is 3. The molecular formula is C17H19N5O2. The van der Waals surface area contributed by atoms with Crippen molar-refractivity contribution >= 4 is 12.0 Å². The largest absolute Gasteiger partial charge is 0.385 e. The first-order chi connectivity index (χ1) is 11.7. The third-order valence-electron chi connectivity index (χ3n) is 3.29. The average molecular weight is 325 g/mol. The van der Waals surface area contributed by atoms with Gasteiger partial charge in [-0.2, -0.15) is 10.4 Å². The Labute approximate surface area is 140 Å². The summed E-state index contributed by atoms with van der Waals surface area (Å²) in [5, 5.41) is 16.4. The van der Waals surface area contributed by atoms with Crippen molar-refractivity contribution in [1.29, 1.82) is 5.26 Å². The Bertz CT molecular complexity index is 759. The number of hydrogen-bond acceptors (Lipinski definition) is 5. The molecule has 1 N–H and O–H groups in total. The van der Waals surface area contributed by atoms with Gasteiger partial charge in [0.25, 0.3) is 5.91 Å². The zero-order chi connectivity index (χ0) is 17.4. The number of carbonyl (C=O) groups excluding carboxylic acids is 1. The topological polar surface area (TPSA) is 92.8 Å². The molecule has 2 heterocycles. The number of ether oxygens (including phenoxy) is 1. The Morgan fingerprint density at radius 1 is 1.46 bits per heavy atom. The fourth-order valence-electron chi connectivity index (χ4n) is 2.16. The lowest BCUT2D eigenvalue weighted by molar-refractivity contribution is -0.117. The van der Waals surface area contributed by atoms with E-state index < -0.39 is 5.91 Å². The summed E-state index contributed by atoms with van der Waals surface area (Å²) in [7, 11) is 3.39. The van der Waals surface area contributed by atoms with E-state index >= 15 is 0 Å². The van der Waals surface area contributed by atoms with E-state index in [1.54, 1.807) is 43.5 Å². The van der Waals surface area contributed by atoms with Crippen LogP contribution in [0.15, 0.2) is 36.3 Å². The molecular weight excluding hydrogens is 306 g/mol. The fraction of sp³-hybridized carbons (Fsp3) is 0.294. The lowest BCUT2D eigenvalue weighted by Crippen LogP contribution is -2.26. The highest BCUT2D eigenvalue weighted by Gasteiger charge is 2.13. The lowest BCUT2D eigenvalue weighted by atomic mass is 10.1. The van der Waals surface area contributed by atoms with Crippen molar-refractivity contribution < 1.29 is 9.53 Å². The number of amides is 1. The van der Waals surface area contributed by atoms with Gasteiger partial charge in [0.05, 0.1) is 5.69 Å². The van der Waals surface area contributed by atoms with E-state index in [-0.39, 0.29) is 5.57 Å². The van der Waals surface area contributed by atoms with Crippen LogP contribution in [-0.4, -0.2) is 40.9 Å². The molecule has 2 rings (SSSR count). The third kappa shape index (κ3) is 4.51. The summed E-state index contributed by atoms with van der Waals surface area (Å²) in [6.45, 7) is 1.01. The van der Waals surface area contributed by atoms with Gasteiger partial charge < -0.3 is 10.1 Å². The van der Waals surface area contributed by atoms with E-state index in [9.17, 15) is 10.1 Å². The van der Waals surface area contributed by atoms with Crippen molar-refractivity contribution in [3.63, 3.8) is 0 Å². The molecule has 2 aromatic heterocycles. The van der Waals surface area contributed by atoms with Crippen LogP contribution < -0.4 is 5.32 Å². The van der Waals surface area contributed by atoms with Crippen molar-refractivity contribution in [3.05, 3.63) is 41.9 Å². The van der Waals surface area contributed by atoms with Gasteiger partial charge in [-0.3, -0.25) is 14.5 Å². The number of nitriles is 1. The standard InChI is InChI=1S/C17H19N5O2/c1-22-12-15(16(21-22)13-4-7-19-8-5-13)10-14(11-18)17(23)20-6-3-9-24-2/h4-5,7-8,10,12H,3,6,9H2,1-2H3,(H,20,23)/b14-10-. The molecule has 7 heteroatoms. The zero-order valence-electron chi connectivity index (χ0n) is 13.7. The SMILES string of the molecule is COCCCNC(=O)/C(C#N)=C\c1cn(C)nc1-c1ccncc1. The molecule has 0 bridgehead atoms. The molecule has 0 aliphatic rings. The summed E-state index contributed by atoms with van der Waals surface area (Å²) in [6.07, 6.45) is 7.35. The van der Waals surface area contributed by atoms with E-state index in [1.165, 1.54) is 0 Å². The van der Waals surface area contributed by atoms with Crippen molar-refractivity contribution in [2.24, 2.45) is 7.05 Å². The Hall–Kier alpha value is -2.98. The van der Waals surface area contributed by atoms with E-state index in [0.29, 0.717) is 30.8 Å². The molecule has 0 aliphatic carbocycles. The van der Waals surface area contributed by atoms with Gasteiger partial charge in [-0.15, -0.1) is 0 Å². The molecule has 0 unspecified atom stereocenters. The van der Waals surface area contributed by atoms with E-state index in [2.05, 4.69) is 15.4 Å². The molecule has 0 aromatic carbocycles. The van der Waals surface area contributed by atoms with Crippen molar-refractivity contribution in [2.45, 2.75) is 6.42 Å². The highest BCUT2D eigenvalue weighted by Crippen LogP contribution is 2.23. The van der Waals surface area contributed by atoms with Gasteiger partial charge in [0.1, 0.15) is 11.6 Å². The number of methoxy groups -OCH3 is 1. The quantitative estimate of drug-likeness (QED) is 0.473. The first-order valence-electron chi connectivity index (χ1n) is 7.48. The molecule has 0 aliphatic heterocycles. The van der Waals surface area contributed by atoms with Gasteiger partial charge in [-0.05, 0) is 24.6 Å². The van der Waals surface area contributed by atoms with Crippen LogP contribution in [0.5, 0.6) is 0 Å². The second kappa shape index (κ2) is 8.60. The minimum Gasteiger partial charge on any atom is -0.385 e. The van der Waals surface area contributed by atoms with Gasteiger partial charge in [-0.25, -0.2) is 0 Å². The maximum absolute atomic E-state index is 12.1. The molecule has 0 spiro atoms. The molecule has 0 atom stereocenters. The van der Waals surface area contributed by atoms with Crippen molar-refractivity contribution in [1.82, 2.24) is 20.1 Å². The number of aryl methyl sites for hydroxylation is 1. The highest BCUT2D eigenvalue weighted by atomic mass is 16.5. The fourth-order valence-corrected chi connectivity index (χ4v) is 2.16. The van der Waals surface area contributed by atoms with Crippen LogP contribution in [0, 0.1) is 11.3 Å². The Morgan fingerprint density at radius 3 is 2.88 bits per heavy atom. The molecule has 0 radical (unpaired) electrons. The molecule has 124 valence electrons. The van der Waals surface area contributed by atoms with Gasteiger partial charge in [-0.1, -0.05) is 0 Å². The van der Waals surface area contributed by atoms with Crippen molar-refractivity contribution in [3.8, 4) is 17.3 Å².